The normalized spacial score (nSPS) is 16.5. The monoisotopic (exact) mass is 459 g/mol. The van der Waals surface area contributed by atoms with Crippen molar-refractivity contribution in [3.63, 3.8) is 0 Å². The number of aromatic nitrogens is 2. The Labute approximate surface area is 184 Å². The van der Waals surface area contributed by atoms with E-state index in [9.17, 15) is 4.79 Å². The molecule has 0 radical (unpaired) electrons. The lowest BCUT2D eigenvalue weighted by atomic mass is 10.1. The molecule has 1 saturated heterocycles. The molecule has 0 saturated carbocycles. The first kappa shape index (κ1) is 19.1. The van der Waals surface area contributed by atoms with Crippen molar-refractivity contribution in [3.8, 4) is 0 Å². The zero-order valence-electron chi connectivity index (χ0n) is 16.8. The molecule has 1 atom stereocenters. The quantitative estimate of drug-likeness (QED) is 0.393. The molecule has 1 amide bonds. The van der Waals surface area contributed by atoms with Crippen molar-refractivity contribution in [2.24, 2.45) is 0 Å². The summed E-state index contributed by atoms with van der Waals surface area (Å²) >= 11 is 3.51. The van der Waals surface area contributed by atoms with Crippen LogP contribution in [0, 0.1) is 6.92 Å². The lowest BCUT2D eigenvalue weighted by Crippen LogP contribution is -2.25. The van der Waals surface area contributed by atoms with Crippen molar-refractivity contribution >= 4 is 38.6 Å². The van der Waals surface area contributed by atoms with Crippen molar-refractivity contribution in [1.82, 2.24) is 9.55 Å². The van der Waals surface area contributed by atoms with E-state index >= 15 is 0 Å². The first-order chi connectivity index (χ1) is 14.6. The molecular formula is C25H22BrN3O. The average molecular weight is 460 g/mol. The van der Waals surface area contributed by atoms with E-state index in [1.807, 2.05) is 41.3 Å². The van der Waals surface area contributed by atoms with Gasteiger partial charge in [-0.05, 0) is 48.4 Å². The van der Waals surface area contributed by atoms with Crippen molar-refractivity contribution < 1.29 is 4.79 Å². The van der Waals surface area contributed by atoms with E-state index in [0.29, 0.717) is 13.0 Å². The molecule has 1 aromatic heterocycles. The molecule has 5 rings (SSSR count). The summed E-state index contributed by atoms with van der Waals surface area (Å²) in [6.45, 7) is 3.45. The zero-order chi connectivity index (χ0) is 20.7. The largest absolute Gasteiger partial charge is 0.323 e. The number of carbonyl (C=O) groups excluding carboxylic acids is 1. The molecule has 2 heterocycles. The number of carbonyl (C=O) groups is 1. The maximum Gasteiger partial charge on any atom is 0.227 e. The van der Waals surface area contributed by atoms with Crippen molar-refractivity contribution in [2.75, 3.05) is 11.4 Å². The number of imidazole rings is 1. The standard InChI is InChI=1S/C25H22BrN3O/c1-17-6-2-4-8-22(17)28-16-19(14-24(28)30)25-27-21-7-3-5-9-23(21)29(25)15-18-10-12-20(26)13-11-18/h2-13,19H,14-16H2,1H3/t19-/m0/s1. The number of hydrogen-bond acceptors (Lipinski definition) is 2. The predicted molar refractivity (Wildman–Crippen MR) is 124 cm³/mol. The fraction of sp³-hybridized carbons (Fsp3) is 0.200. The van der Waals surface area contributed by atoms with Crippen LogP contribution in [0.25, 0.3) is 11.0 Å². The number of aryl methyl sites for hydroxylation is 1. The smallest absolute Gasteiger partial charge is 0.227 e. The van der Waals surface area contributed by atoms with Gasteiger partial charge in [-0.25, -0.2) is 4.98 Å². The van der Waals surface area contributed by atoms with Crippen molar-refractivity contribution in [1.29, 1.82) is 0 Å². The van der Waals surface area contributed by atoms with Gasteiger partial charge in [0.25, 0.3) is 0 Å². The molecule has 4 nitrogen and oxygen atoms in total. The Balaban J connectivity index is 1.53. The Morgan fingerprint density at radius 3 is 2.53 bits per heavy atom. The fourth-order valence-electron chi connectivity index (χ4n) is 4.32. The summed E-state index contributed by atoms with van der Waals surface area (Å²) in [5.41, 5.74) is 5.42. The van der Waals surface area contributed by atoms with Gasteiger partial charge in [-0.15, -0.1) is 0 Å². The van der Waals surface area contributed by atoms with Gasteiger partial charge in [0.1, 0.15) is 5.82 Å². The number of benzene rings is 3. The molecule has 0 N–H and O–H groups in total. The van der Waals surface area contributed by atoms with Gasteiger partial charge in [0.2, 0.25) is 5.91 Å². The van der Waals surface area contributed by atoms with Gasteiger partial charge < -0.3 is 9.47 Å². The van der Waals surface area contributed by atoms with Crippen LogP contribution in [0.3, 0.4) is 0 Å². The maximum atomic E-state index is 12.9. The van der Waals surface area contributed by atoms with Crippen LogP contribution in [0.1, 0.15) is 29.3 Å². The number of rotatable bonds is 4. The Morgan fingerprint density at radius 1 is 1.00 bits per heavy atom. The molecule has 150 valence electrons. The molecule has 1 aliphatic rings. The second-order valence-corrected chi connectivity index (χ2v) is 8.78. The summed E-state index contributed by atoms with van der Waals surface area (Å²) in [6.07, 6.45) is 0.484. The minimum atomic E-state index is 0.0694. The molecule has 1 fully saturated rings. The summed E-state index contributed by atoms with van der Waals surface area (Å²) in [6, 6.07) is 24.7. The van der Waals surface area contributed by atoms with Gasteiger partial charge in [0.15, 0.2) is 0 Å². The highest BCUT2D eigenvalue weighted by molar-refractivity contribution is 9.10. The number of nitrogens with zero attached hydrogens (tertiary/aromatic N) is 3. The highest BCUT2D eigenvalue weighted by Gasteiger charge is 2.35. The highest BCUT2D eigenvalue weighted by Crippen LogP contribution is 2.34. The molecule has 5 heteroatoms. The van der Waals surface area contributed by atoms with Crippen LogP contribution in [-0.2, 0) is 11.3 Å². The summed E-state index contributed by atoms with van der Waals surface area (Å²) < 4.78 is 3.34. The van der Waals surface area contributed by atoms with Gasteiger partial charge in [0.05, 0.1) is 11.0 Å². The third-order valence-corrected chi connectivity index (χ3v) is 6.36. The van der Waals surface area contributed by atoms with Gasteiger partial charge in [-0.1, -0.05) is 58.4 Å². The second-order valence-electron chi connectivity index (χ2n) is 7.86. The minimum Gasteiger partial charge on any atom is -0.323 e. The first-order valence-electron chi connectivity index (χ1n) is 10.2. The van der Waals surface area contributed by atoms with Gasteiger partial charge in [-0.2, -0.15) is 0 Å². The Kier molecular flexibility index (Phi) is 4.91. The van der Waals surface area contributed by atoms with E-state index in [-0.39, 0.29) is 11.8 Å². The second kappa shape index (κ2) is 7.73. The topological polar surface area (TPSA) is 38.1 Å². The van der Waals surface area contributed by atoms with Crippen LogP contribution in [0.4, 0.5) is 5.69 Å². The predicted octanol–water partition coefficient (Wildman–Crippen LogP) is 5.68. The molecule has 3 aromatic carbocycles. The third kappa shape index (κ3) is 3.43. The molecule has 0 spiro atoms. The van der Waals surface area contributed by atoms with Crippen LogP contribution in [0.5, 0.6) is 0 Å². The first-order valence-corrected chi connectivity index (χ1v) is 10.9. The summed E-state index contributed by atoms with van der Waals surface area (Å²) in [5, 5.41) is 0. The average Bonchev–Trinajstić information content (AvgIpc) is 3.31. The Morgan fingerprint density at radius 2 is 1.73 bits per heavy atom. The Bertz CT molecular complexity index is 1230. The van der Waals surface area contributed by atoms with Gasteiger partial charge in [0, 0.05) is 35.6 Å². The number of amides is 1. The minimum absolute atomic E-state index is 0.0694. The lowest BCUT2D eigenvalue weighted by molar-refractivity contribution is -0.117. The molecule has 0 bridgehead atoms. The van der Waals surface area contributed by atoms with Gasteiger partial charge in [-0.3, -0.25) is 4.79 Å². The molecule has 1 aliphatic heterocycles. The lowest BCUT2D eigenvalue weighted by Gasteiger charge is -2.19. The van der Waals surface area contributed by atoms with Crippen LogP contribution in [0.2, 0.25) is 0 Å². The zero-order valence-corrected chi connectivity index (χ0v) is 18.3. The third-order valence-electron chi connectivity index (χ3n) is 5.83. The highest BCUT2D eigenvalue weighted by atomic mass is 79.9. The number of para-hydroxylation sites is 3. The van der Waals surface area contributed by atoms with Crippen LogP contribution >= 0.6 is 15.9 Å². The van der Waals surface area contributed by atoms with E-state index in [1.54, 1.807) is 0 Å². The maximum absolute atomic E-state index is 12.9. The van der Waals surface area contributed by atoms with Crippen LogP contribution in [-0.4, -0.2) is 22.0 Å². The number of halogens is 1. The molecule has 0 unspecified atom stereocenters. The summed E-state index contributed by atoms with van der Waals surface area (Å²) in [4.78, 5) is 19.8. The molecular weight excluding hydrogens is 438 g/mol. The number of hydrogen-bond donors (Lipinski definition) is 0. The Hall–Kier alpha value is -2.92. The van der Waals surface area contributed by atoms with E-state index < -0.39 is 0 Å². The molecule has 30 heavy (non-hydrogen) atoms. The SMILES string of the molecule is Cc1ccccc1N1C[C@@H](c2nc3ccccc3n2Cc2ccc(Br)cc2)CC1=O. The summed E-state index contributed by atoms with van der Waals surface area (Å²) in [7, 11) is 0. The van der Waals surface area contributed by atoms with E-state index in [4.69, 9.17) is 4.98 Å². The van der Waals surface area contributed by atoms with Gasteiger partial charge >= 0.3 is 0 Å². The summed E-state index contributed by atoms with van der Waals surface area (Å²) in [5.74, 6) is 1.22. The van der Waals surface area contributed by atoms with E-state index in [0.717, 1.165) is 39.1 Å². The van der Waals surface area contributed by atoms with Crippen molar-refractivity contribution in [2.45, 2.75) is 25.8 Å². The number of anilines is 1. The molecule has 0 aliphatic carbocycles. The van der Waals surface area contributed by atoms with Crippen molar-refractivity contribution in [3.05, 3.63) is 94.2 Å². The van der Waals surface area contributed by atoms with E-state index in [1.165, 1.54) is 5.56 Å². The van der Waals surface area contributed by atoms with Crippen LogP contribution < -0.4 is 4.90 Å². The fourth-order valence-corrected chi connectivity index (χ4v) is 4.59. The van der Waals surface area contributed by atoms with E-state index in [2.05, 4.69) is 63.8 Å². The van der Waals surface area contributed by atoms with Crippen LogP contribution in [0.15, 0.2) is 77.3 Å². The molecule has 4 aromatic rings. The number of fused-ring (bicyclic) bond motifs is 1.